The Balaban J connectivity index is 1.73. The van der Waals surface area contributed by atoms with Gasteiger partial charge >= 0.3 is 0 Å². The van der Waals surface area contributed by atoms with E-state index in [0.717, 1.165) is 27.9 Å². The lowest BCUT2D eigenvalue weighted by Crippen LogP contribution is -2.26. The zero-order valence-corrected chi connectivity index (χ0v) is 26.8. The number of carbonyl (C=O) groups excluding carboxylic acids is 3. The number of carbonyl (C=O) groups is 3. The van der Waals surface area contributed by atoms with Crippen molar-refractivity contribution < 1.29 is 19.1 Å². The maximum atomic E-state index is 14.7. The molecule has 6 aromatic rings. The second-order valence-electron chi connectivity index (χ2n) is 11.7. The number of pyridine rings is 1. The number of benzene rings is 3. The molecule has 0 aliphatic carbocycles. The number of methoxy groups -OCH3 is 1. The van der Waals surface area contributed by atoms with E-state index >= 15 is 0 Å². The SMILES string of the molecule is COc1ccc(NC(=O)c2c(C(=O)c3cc(C)ccc3C)c(C(=O)c3cc(C)ccc3C)nc3c4c(C)cc(C)nc4nn23)cc1. The van der Waals surface area contributed by atoms with Gasteiger partial charge in [-0.1, -0.05) is 35.4 Å². The topological polar surface area (TPSA) is 116 Å². The summed E-state index contributed by atoms with van der Waals surface area (Å²) in [7, 11) is 1.56. The molecule has 0 spiro atoms. The number of amides is 1. The first-order chi connectivity index (χ1) is 22.0. The van der Waals surface area contributed by atoms with Gasteiger partial charge in [0.05, 0.1) is 18.1 Å². The van der Waals surface area contributed by atoms with Crippen molar-refractivity contribution in [1.29, 1.82) is 0 Å². The molecule has 0 bridgehead atoms. The Morgan fingerprint density at radius 3 is 1.93 bits per heavy atom. The van der Waals surface area contributed by atoms with Gasteiger partial charge in [0.1, 0.15) is 17.1 Å². The molecule has 0 radical (unpaired) electrons. The number of anilines is 1. The monoisotopic (exact) mass is 611 g/mol. The van der Waals surface area contributed by atoms with Crippen molar-refractivity contribution in [3.63, 3.8) is 0 Å². The molecule has 46 heavy (non-hydrogen) atoms. The molecule has 1 amide bonds. The van der Waals surface area contributed by atoms with Crippen molar-refractivity contribution in [3.05, 3.63) is 128 Å². The smallest absolute Gasteiger partial charge is 0.275 e. The van der Waals surface area contributed by atoms with Crippen LogP contribution in [0.3, 0.4) is 0 Å². The first-order valence-electron chi connectivity index (χ1n) is 14.9. The molecule has 0 atom stereocenters. The highest BCUT2D eigenvalue weighted by molar-refractivity contribution is 6.24. The summed E-state index contributed by atoms with van der Waals surface area (Å²) in [6.45, 7) is 11.2. The van der Waals surface area contributed by atoms with Crippen LogP contribution < -0.4 is 10.1 Å². The highest BCUT2D eigenvalue weighted by Gasteiger charge is 2.33. The number of nitrogens with one attached hydrogen (secondary N) is 1. The third kappa shape index (κ3) is 5.30. The number of aromatic nitrogens is 4. The van der Waals surface area contributed by atoms with Crippen LogP contribution in [0.15, 0.2) is 66.7 Å². The van der Waals surface area contributed by atoms with Crippen molar-refractivity contribution in [2.45, 2.75) is 41.5 Å². The third-order valence-electron chi connectivity index (χ3n) is 8.13. The van der Waals surface area contributed by atoms with Gasteiger partial charge in [-0.05, 0) is 101 Å². The molecule has 0 saturated carbocycles. The molecule has 230 valence electrons. The average Bonchev–Trinajstić information content (AvgIpc) is 3.40. The lowest BCUT2D eigenvalue weighted by molar-refractivity contribution is 0.0979. The molecule has 0 fully saturated rings. The van der Waals surface area contributed by atoms with Crippen LogP contribution in [0.1, 0.15) is 76.0 Å². The lowest BCUT2D eigenvalue weighted by Gasteiger charge is -2.17. The molecule has 0 aliphatic heterocycles. The third-order valence-corrected chi connectivity index (χ3v) is 8.13. The van der Waals surface area contributed by atoms with Gasteiger partial charge in [0.25, 0.3) is 5.91 Å². The Bertz CT molecular complexity index is 2230. The maximum absolute atomic E-state index is 14.7. The summed E-state index contributed by atoms with van der Waals surface area (Å²) >= 11 is 0. The van der Waals surface area contributed by atoms with E-state index < -0.39 is 17.5 Å². The van der Waals surface area contributed by atoms with Crippen LogP contribution in [0.5, 0.6) is 5.75 Å². The summed E-state index contributed by atoms with van der Waals surface area (Å²) in [5.74, 6) is -0.998. The number of hydrogen-bond acceptors (Lipinski definition) is 7. The molecule has 3 aromatic heterocycles. The van der Waals surface area contributed by atoms with Gasteiger partial charge in [-0.25, -0.2) is 14.5 Å². The minimum Gasteiger partial charge on any atom is -0.497 e. The van der Waals surface area contributed by atoms with Crippen LogP contribution >= 0.6 is 0 Å². The zero-order valence-electron chi connectivity index (χ0n) is 26.8. The summed E-state index contributed by atoms with van der Waals surface area (Å²) in [6, 6.07) is 19.8. The van der Waals surface area contributed by atoms with Gasteiger partial charge in [-0.3, -0.25) is 14.4 Å². The summed E-state index contributed by atoms with van der Waals surface area (Å²) in [4.78, 5) is 53.2. The molecule has 3 aromatic carbocycles. The molecule has 3 heterocycles. The second kappa shape index (κ2) is 11.7. The standard InChI is InChI=1S/C37H33N5O4/c1-19-8-10-21(3)27(16-19)33(43)30-31(34(44)28-17-20(2)9-11-22(28)4)40-36-29-23(5)18-24(6)38-35(29)41-42(36)32(30)37(45)39-25-12-14-26(46-7)15-13-25/h8-18H,1-7H3,(H,39,45). The minimum atomic E-state index is -0.636. The molecule has 1 N–H and O–H groups in total. The lowest BCUT2D eigenvalue weighted by atomic mass is 9.91. The number of ether oxygens (including phenoxy) is 1. The number of nitrogens with zero attached hydrogens (tertiary/aromatic N) is 4. The Hall–Kier alpha value is -5.70. The fourth-order valence-electron chi connectivity index (χ4n) is 5.73. The molecule has 0 saturated heterocycles. The van der Waals surface area contributed by atoms with Crippen molar-refractivity contribution in [3.8, 4) is 5.75 Å². The zero-order chi connectivity index (χ0) is 32.9. The predicted molar refractivity (Wildman–Crippen MR) is 177 cm³/mol. The van der Waals surface area contributed by atoms with Gasteiger partial charge in [-0.2, -0.15) is 0 Å². The second-order valence-corrected chi connectivity index (χ2v) is 11.7. The van der Waals surface area contributed by atoms with Gasteiger partial charge in [-0.15, -0.1) is 5.10 Å². The normalized spacial score (nSPS) is 11.2. The highest BCUT2D eigenvalue weighted by atomic mass is 16.5. The Morgan fingerprint density at radius 2 is 1.33 bits per heavy atom. The van der Waals surface area contributed by atoms with Crippen LogP contribution in [-0.2, 0) is 0 Å². The summed E-state index contributed by atoms with van der Waals surface area (Å²) < 4.78 is 6.62. The quantitative estimate of drug-likeness (QED) is 0.196. The van der Waals surface area contributed by atoms with E-state index in [2.05, 4.69) is 10.3 Å². The highest BCUT2D eigenvalue weighted by Crippen LogP contribution is 2.30. The molecular formula is C37H33N5O4. The van der Waals surface area contributed by atoms with Crippen LogP contribution in [0.2, 0.25) is 0 Å². The van der Waals surface area contributed by atoms with Crippen molar-refractivity contribution in [2.75, 3.05) is 12.4 Å². The van der Waals surface area contributed by atoms with Crippen molar-refractivity contribution in [2.24, 2.45) is 0 Å². The van der Waals surface area contributed by atoms with Gasteiger partial charge < -0.3 is 10.1 Å². The first kappa shape index (κ1) is 30.3. The minimum absolute atomic E-state index is 0.115. The molecule has 9 nitrogen and oxygen atoms in total. The summed E-state index contributed by atoms with van der Waals surface area (Å²) in [5, 5.41) is 8.20. The maximum Gasteiger partial charge on any atom is 0.275 e. The van der Waals surface area contributed by atoms with E-state index in [1.807, 2.05) is 71.9 Å². The predicted octanol–water partition coefficient (Wildman–Crippen LogP) is 6.85. The Kier molecular flexibility index (Phi) is 7.69. The Labute approximate surface area is 266 Å². The van der Waals surface area contributed by atoms with Crippen LogP contribution in [0.4, 0.5) is 5.69 Å². The molecule has 9 heteroatoms. The van der Waals surface area contributed by atoms with E-state index in [4.69, 9.17) is 14.8 Å². The fourth-order valence-corrected chi connectivity index (χ4v) is 5.73. The number of fused-ring (bicyclic) bond motifs is 3. The number of ketones is 2. The van der Waals surface area contributed by atoms with Crippen LogP contribution in [0.25, 0.3) is 16.7 Å². The van der Waals surface area contributed by atoms with Crippen LogP contribution in [0, 0.1) is 41.5 Å². The Morgan fingerprint density at radius 1 is 0.717 bits per heavy atom. The molecule has 0 unspecified atom stereocenters. The van der Waals surface area contributed by atoms with Gasteiger partial charge in [0, 0.05) is 22.5 Å². The van der Waals surface area contributed by atoms with Crippen LogP contribution in [-0.4, -0.2) is 44.2 Å². The molecule has 6 rings (SSSR count). The number of hydrogen-bond donors (Lipinski definition) is 1. The van der Waals surface area contributed by atoms with E-state index in [-0.39, 0.29) is 22.6 Å². The summed E-state index contributed by atoms with van der Waals surface area (Å²) in [5.41, 5.74) is 6.14. The van der Waals surface area contributed by atoms with Gasteiger partial charge in [0.15, 0.2) is 17.1 Å². The summed E-state index contributed by atoms with van der Waals surface area (Å²) in [6.07, 6.45) is 0. The van der Waals surface area contributed by atoms with Crippen molar-refractivity contribution >= 4 is 39.8 Å². The van der Waals surface area contributed by atoms with E-state index in [1.165, 1.54) is 4.52 Å². The molecular weight excluding hydrogens is 578 g/mol. The number of aryl methyl sites for hydroxylation is 6. The van der Waals surface area contributed by atoms with Crippen molar-refractivity contribution in [1.82, 2.24) is 19.6 Å². The van der Waals surface area contributed by atoms with Gasteiger partial charge in [0.2, 0.25) is 5.78 Å². The number of rotatable bonds is 7. The average molecular weight is 612 g/mol. The molecule has 0 aliphatic rings. The van der Waals surface area contributed by atoms with E-state index in [1.54, 1.807) is 43.5 Å². The first-order valence-corrected chi connectivity index (χ1v) is 14.9. The largest absolute Gasteiger partial charge is 0.497 e. The van der Waals surface area contributed by atoms with E-state index in [0.29, 0.717) is 39.2 Å². The van der Waals surface area contributed by atoms with E-state index in [9.17, 15) is 14.4 Å². The fraction of sp³-hybridized carbons (Fsp3) is 0.189.